The molecule has 0 aliphatic heterocycles. The molecule has 0 radical (unpaired) electrons. The Balaban J connectivity index is 2.12. The molecule has 2 N–H and O–H groups in total. The molecule has 0 bridgehead atoms. The summed E-state index contributed by atoms with van der Waals surface area (Å²) in [4.78, 5) is 0. The maximum absolute atomic E-state index is 13.5. The molecule has 4 heteroatoms. The first-order valence-corrected chi connectivity index (χ1v) is 5.49. The van der Waals surface area contributed by atoms with Gasteiger partial charge in [0, 0.05) is 5.56 Å². The topological polar surface area (TPSA) is 49.7 Å². The second kappa shape index (κ2) is 5.51. The largest absolute Gasteiger partial charge is 0.508 e. The molecule has 0 aliphatic rings. The summed E-state index contributed by atoms with van der Waals surface area (Å²) in [6.45, 7) is -0.100. The fourth-order valence-corrected chi connectivity index (χ4v) is 1.59. The predicted octanol–water partition coefficient (Wildman–Crippen LogP) is 2.60. The molecule has 0 amide bonds. The third kappa shape index (κ3) is 2.78. The van der Waals surface area contributed by atoms with Crippen LogP contribution in [0.2, 0.25) is 0 Å². The minimum absolute atomic E-state index is 0.0630. The minimum Gasteiger partial charge on any atom is -0.508 e. The van der Waals surface area contributed by atoms with Crippen LogP contribution in [0.1, 0.15) is 11.1 Å². The number of ether oxygens (including phenoxy) is 1. The number of hydrogen-bond acceptors (Lipinski definition) is 3. The van der Waals surface area contributed by atoms with Crippen molar-refractivity contribution in [2.24, 2.45) is 0 Å². The Morgan fingerprint density at radius 2 is 1.78 bits per heavy atom. The molecule has 94 valence electrons. The lowest BCUT2D eigenvalue weighted by atomic mass is 10.2. The molecule has 0 heterocycles. The fraction of sp³-hybridized carbons (Fsp3) is 0.143. The van der Waals surface area contributed by atoms with Gasteiger partial charge in [-0.3, -0.25) is 0 Å². The molecule has 0 unspecified atom stereocenters. The zero-order valence-electron chi connectivity index (χ0n) is 9.64. The van der Waals surface area contributed by atoms with Crippen molar-refractivity contribution in [3.63, 3.8) is 0 Å². The highest BCUT2D eigenvalue weighted by atomic mass is 19.1. The third-order valence-electron chi connectivity index (χ3n) is 2.54. The average Bonchev–Trinajstić information content (AvgIpc) is 2.39. The van der Waals surface area contributed by atoms with Crippen LogP contribution in [0.25, 0.3) is 0 Å². The van der Waals surface area contributed by atoms with Gasteiger partial charge in [0.25, 0.3) is 0 Å². The number of aliphatic hydroxyl groups is 1. The van der Waals surface area contributed by atoms with Crippen molar-refractivity contribution in [2.75, 3.05) is 0 Å². The van der Waals surface area contributed by atoms with Gasteiger partial charge in [0.15, 0.2) is 11.6 Å². The maximum atomic E-state index is 13.5. The van der Waals surface area contributed by atoms with Crippen LogP contribution in [-0.2, 0) is 13.2 Å². The van der Waals surface area contributed by atoms with Gasteiger partial charge in [-0.15, -0.1) is 0 Å². The van der Waals surface area contributed by atoms with Crippen LogP contribution >= 0.6 is 0 Å². The van der Waals surface area contributed by atoms with Gasteiger partial charge in [0.05, 0.1) is 6.61 Å². The van der Waals surface area contributed by atoms with E-state index in [0.717, 1.165) is 5.56 Å². The quantitative estimate of drug-likeness (QED) is 0.874. The summed E-state index contributed by atoms with van der Waals surface area (Å²) in [6, 6.07) is 10.9. The Labute approximate surface area is 104 Å². The summed E-state index contributed by atoms with van der Waals surface area (Å²) < 4.78 is 18.9. The fourth-order valence-electron chi connectivity index (χ4n) is 1.59. The van der Waals surface area contributed by atoms with E-state index in [0.29, 0.717) is 5.56 Å². The SMILES string of the molecule is OCc1cccc(F)c1OCc1ccc(O)cc1. The van der Waals surface area contributed by atoms with Gasteiger partial charge in [-0.2, -0.15) is 0 Å². The van der Waals surface area contributed by atoms with Crippen molar-refractivity contribution in [3.05, 3.63) is 59.4 Å². The zero-order chi connectivity index (χ0) is 13.0. The van der Waals surface area contributed by atoms with Gasteiger partial charge in [-0.1, -0.05) is 24.3 Å². The average molecular weight is 248 g/mol. The highest BCUT2D eigenvalue weighted by Crippen LogP contribution is 2.24. The number of phenols is 1. The van der Waals surface area contributed by atoms with E-state index in [1.807, 2.05) is 0 Å². The number of para-hydroxylation sites is 1. The number of aromatic hydroxyl groups is 1. The Bertz CT molecular complexity index is 523. The van der Waals surface area contributed by atoms with Gasteiger partial charge in [0.1, 0.15) is 12.4 Å². The predicted molar refractivity (Wildman–Crippen MR) is 64.8 cm³/mol. The van der Waals surface area contributed by atoms with Crippen molar-refractivity contribution in [3.8, 4) is 11.5 Å². The van der Waals surface area contributed by atoms with Crippen molar-refractivity contribution >= 4 is 0 Å². The first-order chi connectivity index (χ1) is 8.70. The molecule has 2 aromatic carbocycles. The smallest absolute Gasteiger partial charge is 0.165 e. The Morgan fingerprint density at radius 1 is 1.06 bits per heavy atom. The number of halogens is 1. The number of hydrogen-bond donors (Lipinski definition) is 2. The molecular formula is C14H13FO3. The van der Waals surface area contributed by atoms with Crippen molar-refractivity contribution in [1.29, 1.82) is 0 Å². The van der Waals surface area contributed by atoms with Crippen LogP contribution in [0.3, 0.4) is 0 Å². The summed E-state index contributed by atoms with van der Waals surface area (Å²) in [5, 5.41) is 18.2. The van der Waals surface area contributed by atoms with Crippen LogP contribution in [0.15, 0.2) is 42.5 Å². The van der Waals surface area contributed by atoms with Gasteiger partial charge in [0.2, 0.25) is 0 Å². The standard InChI is InChI=1S/C14H13FO3/c15-13-3-1-2-11(8-16)14(13)18-9-10-4-6-12(17)7-5-10/h1-7,16-17H,8-9H2. The third-order valence-corrected chi connectivity index (χ3v) is 2.54. The summed E-state index contributed by atoms with van der Waals surface area (Å²) in [7, 11) is 0. The van der Waals surface area contributed by atoms with Gasteiger partial charge in [-0.25, -0.2) is 4.39 Å². The molecule has 18 heavy (non-hydrogen) atoms. The van der Waals surface area contributed by atoms with E-state index in [9.17, 15) is 4.39 Å². The monoisotopic (exact) mass is 248 g/mol. The minimum atomic E-state index is -0.500. The number of benzene rings is 2. The summed E-state index contributed by atoms with van der Waals surface area (Å²) in [6.07, 6.45) is 0. The summed E-state index contributed by atoms with van der Waals surface area (Å²) in [5.41, 5.74) is 1.22. The van der Waals surface area contributed by atoms with E-state index < -0.39 is 5.82 Å². The normalized spacial score (nSPS) is 10.3. The number of aliphatic hydroxyl groups excluding tert-OH is 1. The molecule has 3 nitrogen and oxygen atoms in total. The molecule has 2 aromatic rings. The zero-order valence-corrected chi connectivity index (χ0v) is 9.64. The number of rotatable bonds is 4. The Hall–Kier alpha value is -2.07. The molecule has 0 saturated carbocycles. The van der Waals surface area contributed by atoms with E-state index in [1.165, 1.54) is 24.3 Å². The van der Waals surface area contributed by atoms with Crippen LogP contribution in [0.4, 0.5) is 4.39 Å². The van der Waals surface area contributed by atoms with Crippen molar-refractivity contribution in [1.82, 2.24) is 0 Å². The first kappa shape index (κ1) is 12.4. The summed E-state index contributed by atoms with van der Waals surface area (Å²) >= 11 is 0. The highest BCUT2D eigenvalue weighted by Gasteiger charge is 2.09. The number of phenolic OH excluding ortho intramolecular Hbond substituents is 1. The van der Waals surface area contributed by atoms with Crippen LogP contribution in [-0.4, -0.2) is 10.2 Å². The summed E-state index contributed by atoms with van der Waals surface area (Å²) in [5.74, 6) is -0.269. The Kier molecular flexibility index (Phi) is 3.79. The lowest BCUT2D eigenvalue weighted by molar-refractivity contribution is 0.251. The maximum Gasteiger partial charge on any atom is 0.165 e. The van der Waals surface area contributed by atoms with Crippen LogP contribution in [0.5, 0.6) is 11.5 Å². The lowest BCUT2D eigenvalue weighted by Gasteiger charge is -2.11. The van der Waals surface area contributed by atoms with Gasteiger partial charge in [-0.05, 0) is 23.8 Å². The van der Waals surface area contributed by atoms with E-state index >= 15 is 0 Å². The van der Waals surface area contributed by atoms with Gasteiger partial charge >= 0.3 is 0 Å². The second-order valence-electron chi connectivity index (χ2n) is 3.84. The lowest BCUT2D eigenvalue weighted by Crippen LogP contribution is -2.01. The first-order valence-electron chi connectivity index (χ1n) is 5.49. The molecule has 0 spiro atoms. The molecular weight excluding hydrogens is 235 g/mol. The van der Waals surface area contributed by atoms with Crippen LogP contribution < -0.4 is 4.74 Å². The molecule has 0 aliphatic carbocycles. The van der Waals surface area contributed by atoms with Crippen molar-refractivity contribution < 1.29 is 19.3 Å². The second-order valence-corrected chi connectivity index (χ2v) is 3.84. The molecule has 2 rings (SSSR count). The molecule has 0 atom stereocenters. The van der Waals surface area contributed by atoms with E-state index in [2.05, 4.69) is 0 Å². The highest BCUT2D eigenvalue weighted by molar-refractivity contribution is 5.35. The van der Waals surface area contributed by atoms with E-state index in [-0.39, 0.29) is 24.7 Å². The Morgan fingerprint density at radius 3 is 2.44 bits per heavy atom. The molecule has 0 saturated heterocycles. The van der Waals surface area contributed by atoms with E-state index in [4.69, 9.17) is 14.9 Å². The van der Waals surface area contributed by atoms with Crippen LogP contribution in [0, 0.1) is 5.82 Å². The van der Waals surface area contributed by atoms with E-state index in [1.54, 1.807) is 18.2 Å². The van der Waals surface area contributed by atoms with Gasteiger partial charge < -0.3 is 14.9 Å². The molecule has 0 aromatic heterocycles. The van der Waals surface area contributed by atoms with Crippen molar-refractivity contribution in [2.45, 2.75) is 13.2 Å². The molecule has 0 fully saturated rings.